The van der Waals surface area contributed by atoms with Crippen molar-refractivity contribution in [2.24, 2.45) is 0 Å². The Balaban J connectivity index is 2.41. The van der Waals surface area contributed by atoms with Crippen LogP contribution in [0.4, 0.5) is 8.78 Å². The summed E-state index contributed by atoms with van der Waals surface area (Å²) in [6, 6.07) is 11.1. The van der Waals surface area contributed by atoms with Gasteiger partial charge in [0.2, 0.25) is 0 Å². The van der Waals surface area contributed by atoms with Crippen LogP contribution in [0.15, 0.2) is 42.5 Å². The highest BCUT2D eigenvalue weighted by Gasteiger charge is 2.16. The Morgan fingerprint density at radius 2 is 1.74 bits per heavy atom. The maximum absolute atomic E-state index is 14.1. The first-order chi connectivity index (χ1) is 9.11. The second-order valence-corrected chi connectivity index (χ2v) is 4.57. The highest BCUT2D eigenvalue weighted by atomic mass is 19.1. The number of halogens is 2. The minimum Gasteiger partial charge on any atom is -0.306 e. The summed E-state index contributed by atoms with van der Waals surface area (Å²) < 4.78 is 27.1. The van der Waals surface area contributed by atoms with Crippen LogP contribution in [0.2, 0.25) is 0 Å². The van der Waals surface area contributed by atoms with E-state index in [4.69, 9.17) is 0 Å². The Labute approximate surface area is 112 Å². The van der Waals surface area contributed by atoms with Crippen molar-refractivity contribution < 1.29 is 8.78 Å². The van der Waals surface area contributed by atoms with Crippen molar-refractivity contribution >= 4 is 0 Å². The van der Waals surface area contributed by atoms with Gasteiger partial charge in [-0.1, -0.05) is 31.2 Å². The number of hydrogen-bond acceptors (Lipinski definition) is 1. The standard InChI is InChI=1S/C16H17F2N/c1-3-19-16(12-5-7-13(17)8-6-12)14-9-4-11(2)10-15(14)18/h4-10,16,19H,3H2,1-2H3. The molecule has 0 spiro atoms. The summed E-state index contributed by atoms with van der Waals surface area (Å²) in [5.41, 5.74) is 2.32. The van der Waals surface area contributed by atoms with Crippen LogP contribution in [0.5, 0.6) is 0 Å². The fourth-order valence-corrected chi connectivity index (χ4v) is 2.13. The molecule has 0 aliphatic rings. The van der Waals surface area contributed by atoms with Crippen LogP contribution in [-0.4, -0.2) is 6.54 Å². The van der Waals surface area contributed by atoms with E-state index in [1.807, 2.05) is 19.9 Å². The summed E-state index contributed by atoms with van der Waals surface area (Å²) in [5, 5.41) is 3.23. The largest absolute Gasteiger partial charge is 0.306 e. The third kappa shape index (κ3) is 3.18. The van der Waals surface area contributed by atoms with Crippen LogP contribution in [0.25, 0.3) is 0 Å². The second-order valence-electron chi connectivity index (χ2n) is 4.57. The van der Waals surface area contributed by atoms with Crippen molar-refractivity contribution in [1.29, 1.82) is 0 Å². The van der Waals surface area contributed by atoms with Crippen molar-refractivity contribution in [1.82, 2.24) is 5.32 Å². The predicted molar refractivity (Wildman–Crippen MR) is 73.1 cm³/mol. The van der Waals surface area contributed by atoms with Crippen LogP contribution in [0.1, 0.15) is 29.7 Å². The lowest BCUT2D eigenvalue weighted by Gasteiger charge is -2.20. The summed E-state index contributed by atoms with van der Waals surface area (Å²) in [7, 11) is 0. The van der Waals surface area contributed by atoms with E-state index < -0.39 is 0 Å². The van der Waals surface area contributed by atoms with Gasteiger partial charge in [0.25, 0.3) is 0 Å². The molecule has 1 N–H and O–H groups in total. The van der Waals surface area contributed by atoms with E-state index in [-0.39, 0.29) is 17.7 Å². The highest BCUT2D eigenvalue weighted by Crippen LogP contribution is 2.25. The minimum absolute atomic E-state index is 0.240. The topological polar surface area (TPSA) is 12.0 Å². The first-order valence-corrected chi connectivity index (χ1v) is 6.36. The Kier molecular flexibility index (Phi) is 4.27. The third-order valence-electron chi connectivity index (χ3n) is 3.08. The number of benzene rings is 2. The Morgan fingerprint density at radius 3 is 2.32 bits per heavy atom. The molecule has 0 aromatic heterocycles. The van der Waals surface area contributed by atoms with Gasteiger partial charge in [-0.15, -0.1) is 0 Å². The van der Waals surface area contributed by atoms with Crippen LogP contribution in [-0.2, 0) is 0 Å². The lowest BCUT2D eigenvalue weighted by Crippen LogP contribution is -2.23. The molecule has 0 saturated heterocycles. The van der Waals surface area contributed by atoms with Gasteiger partial charge in [0.15, 0.2) is 0 Å². The average molecular weight is 261 g/mol. The summed E-state index contributed by atoms with van der Waals surface area (Å²) >= 11 is 0. The maximum Gasteiger partial charge on any atom is 0.128 e. The molecule has 1 unspecified atom stereocenters. The molecule has 0 aliphatic carbocycles. The molecule has 2 rings (SSSR count). The van der Waals surface area contributed by atoms with Gasteiger partial charge in [-0.25, -0.2) is 8.78 Å². The number of hydrogen-bond donors (Lipinski definition) is 1. The van der Waals surface area contributed by atoms with E-state index in [0.717, 1.165) is 11.1 Å². The van der Waals surface area contributed by atoms with Crippen LogP contribution < -0.4 is 5.32 Å². The Morgan fingerprint density at radius 1 is 1.05 bits per heavy atom. The van der Waals surface area contributed by atoms with Gasteiger partial charge in [-0.05, 0) is 42.8 Å². The van der Waals surface area contributed by atoms with Gasteiger partial charge < -0.3 is 5.32 Å². The first kappa shape index (κ1) is 13.7. The summed E-state index contributed by atoms with van der Waals surface area (Å²) in [6.07, 6.45) is 0. The van der Waals surface area contributed by atoms with Gasteiger partial charge in [0.05, 0.1) is 6.04 Å². The van der Waals surface area contributed by atoms with Crippen molar-refractivity contribution in [3.05, 3.63) is 70.8 Å². The van der Waals surface area contributed by atoms with Crippen LogP contribution in [0.3, 0.4) is 0 Å². The molecule has 2 aromatic rings. The molecule has 0 amide bonds. The molecule has 0 saturated carbocycles. The molecule has 3 heteroatoms. The number of rotatable bonds is 4. The molecule has 0 bridgehead atoms. The average Bonchev–Trinajstić information content (AvgIpc) is 2.38. The molecule has 1 atom stereocenters. The van der Waals surface area contributed by atoms with Crippen molar-refractivity contribution in [3.63, 3.8) is 0 Å². The molecule has 19 heavy (non-hydrogen) atoms. The van der Waals surface area contributed by atoms with Gasteiger partial charge in [-0.3, -0.25) is 0 Å². The lowest BCUT2D eigenvalue weighted by molar-refractivity contribution is 0.557. The van der Waals surface area contributed by atoms with Crippen LogP contribution >= 0.6 is 0 Å². The zero-order valence-corrected chi connectivity index (χ0v) is 11.1. The fourth-order valence-electron chi connectivity index (χ4n) is 2.13. The first-order valence-electron chi connectivity index (χ1n) is 6.36. The third-order valence-corrected chi connectivity index (χ3v) is 3.08. The van der Waals surface area contributed by atoms with E-state index >= 15 is 0 Å². The van der Waals surface area contributed by atoms with Gasteiger partial charge in [0.1, 0.15) is 11.6 Å². The molecule has 0 radical (unpaired) electrons. The van der Waals surface area contributed by atoms with E-state index in [1.54, 1.807) is 18.2 Å². The quantitative estimate of drug-likeness (QED) is 0.878. The van der Waals surface area contributed by atoms with Gasteiger partial charge in [0, 0.05) is 5.56 Å². The fraction of sp³-hybridized carbons (Fsp3) is 0.250. The lowest BCUT2D eigenvalue weighted by atomic mass is 9.97. The molecular formula is C16H17F2N. The minimum atomic E-state index is -0.289. The van der Waals surface area contributed by atoms with Crippen molar-refractivity contribution in [3.8, 4) is 0 Å². The maximum atomic E-state index is 14.1. The normalized spacial score (nSPS) is 12.4. The summed E-state index contributed by atoms with van der Waals surface area (Å²) in [5.74, 6) is -0.529. The van der Waals surface area contributed by atoms with E-state index in [0.29, 0.717) is 12.1 Å². The zero-order chi connectivity index (χ0) is 13.8. The number of nitrogens with one attached hydrogen (secondary N) is 1. The molecular weight excluding hydrogens is 244 g/mol. The Hall–Kier alpha value is -1.74. The smallest absolute Gasteiger partial charge is 0.128 e. The summed E-state index contributed by atoms with van der Waals surface area (Å²) in [6.45, 7) is 4.52. The molecule has 0 aliphatic heterocycles. The van der Waals surface area contributed by atoms with Crippen molar-refractivity contribution in [2.45, 2.75) is 19.9 Å². The zero-order valence-electron chi connectivity index (χ0n) is 11.1. The molecule has 100 valence electrons. The van der Waals surface area contributed by atoms with Crippen LogP contribution in [0, 0.1) is 18.6 Å². The predicted octanol–water partition coefficient (Wildman–Crippen LogP) is 3.97. The molecule has 2 aromatic carbocycles. The van der Waals surface area contributed by atoms with E-state index in [1.165, 1.54) is 18.2 Å². The summed E-state index contributed by atoms with van der Waals surface area (Å²) in [4.78, 5) is 0. The van der Waals surface area contributed by atoms with E-state index in [2.05, 4.69) is 5.32 Å². The Bertz CT molecular complexity index is 549. The van der Waals surface area contributed by atoms with Crippen molar-refractivity contribution in [2.75, 3.05) is 6.54 Å². The highest BCUT2D eigenvalue weighted by molar-refractivity contribution is 5.34. The monoisotopic (exact) mass is 261 g/mol. The van der Waals surface area contributed by atoms with E-state index in [9.17, 15) is 8.78 Å². The molecule has 1 nitrogen and oxygen atoms in total. The second kappa shape index (κ2) is 5.93. The number of aryl methyl sites for hydroxylation is 1. The molecule has 0 heterocycles. The van der Waals surface area contributed by atoms with Gasteiger partial charge >= 0.3 is 0 Å². The van der Waals surface area contributed by atoms with Gasteiger partial charge in [-0.2, -0.15) is 0 Å². The SMILES string of the molecule is CCNC(c1ccc(F)cc1)c1ccc(C)cc1F. The molecule has 0 fully saturated rings.